The third-order valence-corrected chi connectivity index (χ3v) is 2.80. The molecule has 0 unspecified atom stereocenters. The number of hydrogen-bond donors (Lipinski definition) is 1. The first-order valence-electron chi connectivity index (χ1n) is 3.63. The molecule has 0 bridgehead atoms. The zero-order valence-electron chi connectivity index (χ0n) is 6.28. The summed E-state index contributed by atoms with van der Waals surface area (Å²) in [5, 5.41) is 9.53. The zero-order valence-corrected chi connectivity index (χ0v) is 7.10. The molecule has 2 rings (SSSR count). The molecule has 2 heterocycles. The van der Waals surface area contributed by atoms with Gasteiger partial charge in [0.05, 0.1) is 0 Å². The van der Waals surface area contributed by atoms with E-state index in [9.17, 15) is 4.79 Å². The first-order chi connectivity index (χ1) is 5.77. The van der Waals surface area contributed by atoms with Gasteiger partial charge in [-0.15, -0.1) is 11.8 Å². The maximum Gasteiger partial charge on any atom is 0.354 e. The Hall–Kier alpha value is -1.03. The van der Waals surface area contributed by atoms with E-state index in [0.29, 0.717) is 0 Å². The minimum atomic E-state index is -0.953. The Morgan fingerprint density at radius 3 is 3.17 bits per heavy atom. The van der Waals surface area contributed by atoms with E-state index in [1.165, 1.54) is 5.56 Å². The van der Waals surface area contributed by atoms with Crippen LogP contribution in [-0.4, -0.2) is 21.8 Å². The van der Waals surface area contributed by atoms with Gasteiger partial charge in [0.15, 0.2) is 0 Å². The molecule has 0 amide bonds. The summed E-state index contributed by atoms with van der Waals surface area (Å²) in [7, 11) is 0. The largest absolute Gasteiger partial charge is 0.477 e. The van der Waals surface area contributed by atoms with E-state index in [1.807, 2.05) is 6.07 Å². The zero-order chi connectivity index (χ0) is 8.55. The van der Waals surface area contributed by atoms with Crippen LogP contribution in [0, 0.1) is 0 Å². The lowest BCUT2D eigenvalue weighted by molar-refractivity contribution is 0.0689. The van der Waals surface area contributed by atoms with E-state index in [2.05, 4.69) is 4.98 Å². The molecule has 0 atom stereocenters. The van der Waals surface area contributed by atoms with Crippen LogP contribution in [0.1, 0.15) is 16.1 Å². The van der Waals surface area contributed by atoms with Crippen LogP contribution in [0.5, 0.6) is 0 Å². The van der Waals surface area contributed by atoms with E-state index in [-0.39, 0.29) is 5.69 Å². The number of carboxylic acids is 1. The molecule has 0 aromatic carbocycles. The number of fused-ring (bicyclic) bond motifs is 1. The second-order valence-electron chi connectivity index (χ2n) is 2.56. The van der Waals surface area contributed by atoms with E-state index >= 15 is 0 Å². The molecule has 4 heteroatoms. The number of carbonyl (C=O) groups is 1. The first-order valence-corrected chi connectivity index (χ1v) is 4.62. The van der Waals surface area contributed by atoms with Gasteiger partial charge in [-0.2, -0.15) is 0 Å². The van der Waals surface area contributed by atoms with Gasteiger partial charge in [-0.25, -0.2) is 9.78 Å². The summed E-state index contributed by atoms with van der Waals surface area (Å²) in [6, 6.07) is 3.42. The van der Waals surface area contributed by atoms with Crippen LogP contribution in [0.15, 0.2) is 17.2 Å². The van der Waals surface area contributed by atoms with Crippen molar-refractivity contribution in [2.45, 2.75) is 11.4 Å². The highest BCUT2D eigenvalue weighted by molar-refractivity contribution is 7.99. The van der Waals surface area contributed by atoms with Crippen molar-refractivity contribution >= 4 is 17.7 Å². The van der Waals surface area contributed by atoms with Crippen LogP contribution in [0.25, 0.3) is 0 Å². The lowest BCUT2D eigenvalue weighted by atomic mass is 10.2. The minimum absolute atomic E-state index is 0.142. The topological polar surface area (TPSA) is 50.2 Å². The molecule has 0 aliphatic carbocycles. The maximum atomic E-state index is 10.5. The van der Waals surface area contributed by atoms with E-state index in [4.69, 9.17) is 5.11 Å². The molecule has 1 aliphatic heterocycles. The van der Waals surface area contributed by atoms with Gasteiger partial charge in [0.25, 0.3) is 0 Å². The smallest absolute Gasteiger partial charge is 0.354 e. The van der Waals surface area contributed by atoms with Crippen LogP contribution in [0.2, 0.25) is 0 Å². The molecule has 0 radical (unpaired) electrons. The first kappa shape index (κ1) is 7.61. The Labute approximate surface area is 73.8 Å². The van der Waals surface area contributed by atoms with Crippen molar-refractivity contribution in [1.29, 1.82) is 0 Å². The van der Waals surface area contributed by atoms with Gasteiger partial charge >= 0.3 is 5.97 Å². The predicted octanol–water partition coefficient (Wildman–Crippen LogP) is 1.43. The summed E-state index contributed by atoms with van der Waals surface area (Å²) < 4.78 is 0. The molecule has 12 heavy (non-hydrogen) atoms. The summed E-state index contributed by atoms with van der Waals surface area (Å²) in [6.45, 7) is 0. The highest BCUT2D eigenvalue weighted by atomic mass is 32.2. The van der Waals surface area contributed by atoms with Crippen molar-refractivity contribution in [3.63, 3.8) is 0 Å². The van der Waals surface area contributed by atoms with E-state index in [0.717, 1.165) is 17.2 Å². The molecule has 62 valence electrons. The number of aromatic nitrogens is 1. The number of nitrogens with zero attached hydrogens (tertiary/aromatic N) is 1. The van der Waals surface area contributed by atoms with Gasteiger partial charge in [-0.1, -0.05) is 6.07 Å². The molecular weight excluding hydrogens is 174 g/mol. The predicted molar refractivity (Wildman–Crippen MR) is 45.6 cm³/mol. The summed E-state index contributed by atoms with van der Waals surface area (Å²) in [6.07, 6.45) is 1.01. The number of carboxylic acid groups (broad SMARTS) is 1. The Kier molecular flexibility index (Phi) is 1.77. The van der Waals surface area contributed by atoms with Gasteiger partial charge in [-0.05, 0) is 18.1 Å². The fourth-order valence-corrected chi connectivity index (χ4v) is 2.20. The number of aromatic carboxylic acids is 1. The fourth-order valence-electron chi connectivity index (χ4n) is 1.16. The molecule has 0 saturated carbocycles. The molecule has 0 fully saturated rings. The maximum absolute atomic E-state index is 10.5. The third kappa shape index (κ3) is 1.18. The van der Waals surface area contributed by atoms with Crippen molar-refractivity contribution in [3.05, 3.63) is 23.4 Å². The van der Waals surface area contributed by atoms with Crippen molar-refractivity contribution in [2.24, 2.45) is 0 Å². The van der Waals surface area contributed by atoms with Crippen molar-refractivity contribution < 1.29 is 9.90 Å². The van der Waals surface area contributed by atoms with Crippen LogP contribution >= 0.6 is 11.8 Å². The van der Waals surface area contributed by atoms with Crippen LogP contribution in [0.4, 0.5) is 0 Å². The average molecular weight is 181 g/mol. The standard InChI is InChI=1S/C8H7NO2S/c10-8(11)6-2-1-5-3-4-12-7(5)9-6/h1-2H,3-4H2,(H,10,11). The molecule has 1 N–H and O–H groups in total. The summed E-state index contributed by atoms with van der Waals surface area (Å²) in [5.41, 5.74) is 1.31. The van der Waals surface area contributed by atoms with E-state index < -0.39 is 5.97 Å². The molecule has 0 spiro atoms. The monoisotopic (exact) mass is 181 g/mol. The van der Waals surface area contributed by atoms with Crippen LogP contribution < -0.4 is 0 Å². The third-order valence-electron chi connectivity index (χ3n) is 1.77. The lowest BCUT2D eigenvalue weighted by Gasteiger charge is -1.97. The Morgan fingerprint density at radius 1 is 1.58 bits per heavy atom. The average Bonchev–Trinajstić information content (AvgIpc) is 2.49. The number of thioether (sulfide) groups is 1. The summed E-state index contributed by atoms with van der Waals surface area (Å²) in [4.78, 5) is 14.5. The SMILES string of the molecule is O=C(O)c1ccc2c(n1)SCC2. The Morgan fingerprint density at radius 2 is 2.42 bits per heavy atom. The molecule has 1 aromatic heterocycles. The lowest BCUT2D eigenvalue weighted by Crippen LogP contribution is -2.00. The van der Waals surface area contributed by atoms with Crippen molar-refractivity contribution in [2.75, 3.05) is 5.75 Å². The molecule has 1 aliphatic rings. The van der Waals surface area contributed by atoms with E-state index in [1.54, 1.807) is 17.8 Å². The van der Waals surface area contributed by atoms with Gasteiger partial charge < -0.3 is 5.11 Å². The number of aryl methyl sites for hydroxylation is 1. The second-order valence-corrected chi connectivity index (χ2v) is 3.65. The summed E-state index contributed by atoms with van der Waals surface area (Å²) >= 11 is 1.62. The van der Waals surface area contributed by atoms with Crippen LogP contribution in [-0.2, 0) is 6.42 Å². The summed E-state index contributed by atoms with van der Waals surface area (Å²) in [5.74, 6) is 0.0658. The molecular formula is C8H7NO2S. The van der Waals surface area contributed by atoms with Gasteiger partial charge in [-0.3, -0.25) is 0 Å². The fraction of sp³-hybridized carbons (Fsp3) is 0.250. The number of rotatable bonds is 1. The van der Waals surface area contributed by atoms with Gasteiger partial charge in [0.1, 0.15) is 10.7 Å². The minimum Gasteiger partial charge on any atom is -0.477 e. The number of hydrogen-bond acceptors (Lipinski definition) is 3. The Balaban J connectivity index is 2.45. The molecule has 1 aromatic rings. The highest BCUT2D eigenvalue weighted by Gasteiger charge is 2.15. The quantitative estimate of drug-likeness (QED) is 0.712. The second kappa shape index (κ2) is 2.79. The van der Waals surface area contributed by atoms with Crippen molar-refractivity contribution in [1.82, 2.24) is 4.98 Å². The van der Waals surface area contributed by atoms with Crippen LogP contribution in [0.3, 0.4) is 0 Å². The molecule has 3 nitrogen and oxygen atoms in total. The molecule has 0 saturated heterocycles. The highest BCUT2D eigenvalue weighted by Crippen LogP contribution is 2.28. The normalized spacial score (nSPS) is 14.3. The van der Waals surface area contributed by atoms with Crippen molar-refractivity contribution in [3.8, 4) is 0 Å². The Bertz CT molecular complexity index is 338. The van der Waals surface area contributed by atoms with Gasteiger partial charge in [0.2, 0.25) is 0 Å². The number of pyridine rings is 1. The van der Waals surface area contributed by atoms with Gasteiger partial charge in [0, 0.05) is 5.75 Å².